The van der Waals surface area contributed by atoms with Gasteiger partial charge in [0.25, 0.3) is 0 Å². The van der Waals surface area contributed by atoms with Gasteiger partial charge in [-0.1, -0.05) is 6.07 Å². The van der Waals surface area contributed by atoms with Crippen LogP contribution in [-0.4, -0.2) is 20.7 Å². The van der Waals surface area contributed by atoms with E-state index in [1.165, 1.54) is 13.0 Å². The van der Waals surface area contributed by atoms with Crippen LogP contribution >= 0.6 is 0 Å². The SMILES string of the molecule is Cc1ccc(C(F)(F)F)cc1NS(=O)(=O)CCN. The molecule has 0 saturated heterocycles. The van der Waals surface area contributed by atoms with E-state index in [1.807, 2.05) is 0 Å². The molecule has 1 aromatic rings. The van der Waals surface area contributed by atoms with Gasteiger partial charge in [-0.05, 0) is 24.6 Å². The number of hydrogen-bond donors (Lipinski definition) is 2. The lowest BCUT2D eigenvalue weighted by Gasteiger charge is -2.13. The second kappa shape index (κ2) is 5.15. The summed E-state index contributed by atoms with van der Waals surface area (Å²) in [6.45, 7) is 1.41. The molecule has 4 nitrogen and oxygen atoms in total. The zero-order chi connectivity index (χ0) is 14.0. The number of aryl methyl sites for hydroxylation is 1. The number of sulfonamides is 1. The van der Waals surface area contributed by atoms with Crippen LogP contribution in [0.5, 0.6) is 0 Å². The third-order valence-electron chi connectivity index (χ3n) is 2.22. The number of benzene rings is 1. The van der Waals surface area contributed by atoms with Gasteiger partial charge in [0.2, 0.25) is 10.0 Å². The van der Waals surface area contributed by atoms with Crippen molar-refractivity contribution >= 4 is 15.7 Å². The molecule has 0 spiro atoms. The molecule has 0 atom stereocenters. The smallest absolute Gasteiger partial charge is 0.329 e. The van der Waals surface area contributed by atoms with Crippen LogP contribution in [0.2, 0.25) is 0 Å². The predicted octanol–water partition coefficient (Wildman–Crippen LogP) is 1.71. The maximum Gasteiger partial charge on any atom is 0.416 e. The van der Waals surface area contributed by atoms with Crippen LogP contribution < -0.4 is 10.5 Å². The van der Waals surface area contributed by atoms with Crippen molar-refractivity contribution < 1.29 is 21.6 Å². The lowest BCUT2D eigenvalue weighted by molar-refractivity contribution is -0.137. The minimum Gasteiger partial charge on any atom is -0.329 e. The zero-order valence-electron chi connectivity index (χ0n) is 9.58. The Balaban J connectivity index is 3.10. The highest BCUT2D eigenvalue weighted by Crippen LogP contribution is 2.32. The summed E-state index contributed by atoms with van der Waals surface area (Å²) in [5.74, 6) is -0.345. The summed E-state index contributed by atoms with van der Waals surface area (Å²) in [5, 5.41) is 0. The van der Waals surface area contributed by atoms with Gasteiger partial charge in [-0.2, -0.15) is 13.2 Å². The molecular weight excluding hydrogens is 269 g/mol. The fraction of sp³-hybridized carbons (Fsp3) is 0.400. The van der Waals surface area contributed by atoms with E-state index in [4.69, 9.17) is 5.73 Å². The normalized spacial score (nSPS) is 12.5. The molecule has 0 bridgehead atoms. The van der Waals surface area contributed by atoms with Gasteiger partial charge in [0.1, 0.15) is 0 Å². The Labute approximate surface area is 103 Å². The molecule has 0 saturated carbocycles. The number of anilines is 1. The molecule has 0 unspecified atom stereocenters. The maximum atomic E-state index is 12.5. The number of hydrogen-bond acceptors (Lipinski definition) is 3. The molecule has 1 aromatic carbocycles. The molecular formula is C10H13F3N2O2S. The van der Waals surface area contributed by atoms with Crippen molar-refractivity contribution in [3.05, 3.63) is 29.3 Å². The van der Waals surface area contributed by atoms with Gasteiger partial charge in [0, 0.05) is 6.54 Å². The maximum absolute atomic E-state index is 12.5. The van der Waals surface area contributed by atoms with E-state index in [9.17, 15) is 21.6 Å². The first-order valence-electron chi connectivity index (χ1n) is 5.04. The molecule has 0 aliphatic rings. The van der Waals surface area contributed by atoms with Crippen molar-refractivity contribution in [1.82, 2.24) is 0 Å². The molecule has 102 valence electrons. The van der Waals surface area contributed by atoms with Crippen molar-refractivity contribution in [3.63, 3.8) is 0 Å². The highest BCUT2D eigenvalue weighted by atomic mass is 32.2. The predicted molar refractivity (Wildman–Crippen MR) is 62.6 cm³/mol. The first kappa shape index (κ1) is 14.8. The monoisotopic (exact) mass is 282 g/mol. The molecule has 3 N–H and O–H groups in total. The minimum atomic E-state index is -4.51. The van der Waals surface area contributed by atoms with E-state index >= 15 is 0 Å². The van der Waals surface area contributed by atoms with Crippen molar-refractivity contribution in [3.8, 4) is 0 Å². The molecule has 0 fully saturated rings. The molecule has 18 heavy (non-hydrogen) atoms. The lowest BCUT2D eigenvalue weighted by atomic mass is 10.1. The average Bonchev–Trinajstić information content (AvgIpc) is 2.19. The molecule has 0 aromatic heterocycles. The van der Waals surface area contributed by atoms with Gasteiger partial charge >= 0.3 is 6.18 Å². The van der Waals surface area contributed by atoms with E-state index in [0.29, 0.717) is 5.56 Å². The van der Waals surface area contributed by atoms with Gasteiger partial charge in [-0.15, -0.1) is 0 Å². The Kier molecular flexibility index (Phi) is 4.23. The minimum absolute atomic E-state index is 0.0849. The summed E-state index contributed by atoms with van der Waals surface area (Å²) < 4.78 is 62.4. The Morgan fingerprint density at radius 1 is 1.33 bits per heavy atom. The molecule has 0 radical (unpaired) electrons. The molecule has 1 rings (SSSR count). The summed E-state index contributed by atoms with van der Waals surface area (Å²) in [6.07, 6.45) is -4.51. The molecule has 0 heterocycles. The fourth-order valence-corrected chi connectivity index (χ4v) is 2.25. The van der Waals surface area contributed by atoms with Crippen molar-refractivity contribution in [2.24, 2.45) is 5.73 Å². The zero-order valence-corrected chi connectivity index (χ0v) is 10.4. The summed E-state index contributed by atoms with van der Waals surface area (Å²) in [7, 11) is -3.71. The Hall–Kier alpha value is -1.28. The summed E-state index contributed by atoms with van der Waals surface area (Å²) in [4.78, 5) is 0. The van der Waals surface area contributed by atoms with Crippen LogP contribution in [0.4, 0.5) is 18.9 Å². The van der Waals surface area contributed by atoms with Crippen LogP contribution in [0.1, 0.15) is 11.1 Å². The van der Waals surface area contributed by atoms with E-state index < -0.39 is 21.8 Å². The first-order valence-corrected chi connectivity index (χ1v) is 6.69. The van der Waals surface area contributed by atoms with E-state index in [0.717, 1.165) is 12.1 Å². The van der Waals surface area contributed by atoms with E-state index in [-0.39, 0.29) is 18.0 Å². The Bertz CT molecular complexity index is 526. The number of rotatable bonds is 4. The number of alkyl halides is 3. The van der Waals surface area contributed by atoms with Crippen LogP contribution in [0.25, 0.3) is 0 Å². The second-order valence-corrected chi connectivity index (χ2v) is 5.58. The highest BCUT2D eigenvalue weighted by molar-refractivity contribution is 7.92. The lowest BCUT2D eigenvalue weighted by Crippen LogP contribution is -2.23. The van der Waals surface area contributed by atoms with Gasteiger partial charge in [0.15, 0.2) is 0 Å². The number of halogens is 3. The van der Waals surface area contributed by atoms with Crippen molar-refractivity contribution in [2.45, 2.75) is 13.1 Å². The fourth-order valence-electron chi connectivity index (χ4n) is 1.28. The van der Waals surface area contributed by atoms with Gasteiger partial charge < -0.3 is 5.73 Å². The van der Waals surface area contributed by atoms with Gasteiger partial charge in [-0.3, -0.25) is 4.72 Å². The second-order valence-electron chi connectivity index (χ2n) is 3.74. The average molecular weight is 282 g/mol. The topological polar surface area (TPSA) is 72.2 Å². The third-order valence-corrected chi connectivity index (χ3v) is 3.52. The third kappa shape index (κ3) is 3.88. The summed E-state index contributed by atoms with van der Waals surface area (Å²) >= 11 is 0. The van der Waals surface area contributed by atoms with Gasteiger partial charge in [0.05, 0.1) is 17.0 Å². The van der Waals surface area contributed by atoms with Gasteiger partial charge in [-0.25, -0.2) is 8.42 Å². The molecule has 0 aliphatic heterocycles. The van der Waals surface area contributed by atoms with Crippen molar-refractivity contribution in [2.75, 3.05) is 17.0 Å². The first-order chi connectivity index (χ1) is 8.15. The quantitative estimate of drug-likeness (QED) is 0.883. The molecule has 8 heteroatoms. The largest absolute Gasteiger partial charge is 0.416 e. The highest BCUT2D eigenvalue weighted by Gasteiger charge is 2.31. The van der Waals surface area contributed by atoms with Crippen LogP contribution in [-0.2, 0) is 16.2 Å². The van der Waals surface area contributed by atoms with Crippen LogP contribution in [0.15, 0.2) is 18.2 Å². The standard InChI is InChI=1S/C10H13F3N2O2S/c1-7-2-3-8(10(11,12)13)6-9(7)15-18(16,17)5-4-14/h2-3,6,15H,4-5,14H2,1H3. The Morgan fingerprint density at radius 3 is 2.44 bits per heavy atom. The molecule has 0 amide bonds. The number of nitrogens with two attached hydrogens (primary N) is 1. The van der Waals surface area contributed by atoms with Crippen molar-refractivity contribution in [1.29, 1.82) is 0 Å². The van der Waals surface area contributed by atoms with E-state index in [2.05, 4.69) is 4.72 Å². The summed E-state index contributed by atoms with van der Waals surface area (Å²) in [5.41, 5.74) is 4.52. The van der Waals surface area contributed by atoms with E-state index in [1.54, 1.807) is 0 Å². The Morgan fingerprint density at radius 2 is 1.94 bits per heavy atom. The van der Waals surface area contributed by atoms with Crippen LogP contribution in [0.3, 0.4) is 0 Å². The molecule has 0 aliphatic carbocycles. The number of nitrogens with one attached hydrogen (secondary N) is 1. The van der Waals surface area contributed by atoms with Crippen LogP contribution in [0, 0.1) is 6.92 Å². The summed E-state index contributed by atoms with van der Waals surface area (Å²) in [6, 6.07) is 2.88.